The largest absolute Gasteiger partial charge is 0.377 e. The van der Waals surface area contributed by atoms with Gasteiger partial charge >= 0.3 is 0 Å². The molecule has 1 saturated heterocycles. The number of hydrogen-bond acceptors (Lipinski definition) is 3. The normalized spacial score (nSPS) is 28.6. The van der Waals surface area contributed by atoms with E-state index in [1.807, 2.05) is 7.11 Å². The molecule has 1 heterocycles. The van der Waals surface area contributed by atoms with Gasteiger partial charge in [0.1, 0.15) is 0 Å². The van der Waals surface area contributed by atoms with E-state index in [-0.39, 0.29) is 5.60 Å². The van der Waals surface area contributed by atoms with Gasteiger partial charge in [-0.1, -0.05) is 20.8 Å². The number of piperidine rings is 1. The number of ether oxygens (including phenoxy) is 1. The second kappa shape index (κ2) is 6.72. The van der Waals surface area contributed by atoms with E-state index in [2.05, 4.69) is 37.9 Å². The standard InChI is InChI=1S/C14H30N2O/c1-6-13(10-15-12(2)3)16-9-7-8-14(4,11-16)17-5/h12-13,15H,6-11H2,1-5H3. The van der Waals surface area contributed by atoms with Crippen LogP contribution in [-0.2, 0) is 4.74 Å². The Morgan fingerprint density at radius 1 is 1.41 bits per heavy atom. The van der Waals surface area contributed by atoms with E-state index in [1.54, 1.807) is 0 Å². The summed E-state index contributed by atoms with van der Waals surface area (Å²) in [5.74, 6) is 0. The van der Waals surface area contributed by atoms with Crippen LogP contribution < -0.4 is 5.32 Å². The van der Waals surface area contributed by atoms with Crippen molar-refractivity contribution >= 4 is 0 Å². The maximum Gasteiger partial charge on any atom is 0.0777 e. The summed E-state index contributed by atoms with van der Waals surface area (Å²) in [7, 11) is 1.84. The highest BCUT2D eigenvalue weighted by Gasteiger charge is 2.33. The number of likely N-dealkylation sites (tertiary alicyclic amines) is 1. The van der Waals surface area contributed by atoms with Crippen LogP contribution in [0.3, 0.4) is 0 Å². The van der Waals surface area contributed by atoms with E-state index in [9.17, 15) is 0 Å². The van der Waals surface area contributed by atoms with Gasteiger partial charge in [-0.15, -0.1) is 0 Å². The molecule has 0 bridgehead atoms. The number of nitrogens with zero attached hydrogens (tertiary/aromatic N) is 1. The minimum absolute atomic E-state index is 0.0590. The molecule has 0 aromatic carbocycles. The van der Waals surface area contributed by atoms with E-state index in [4.69, 9.17) is 4.74 Å². The zero-order valence-electron chi connectivity index (χ0n) is 12.3. The minimum atomic E-state index is 0.0590. The van der Waals surface area contributed by atoms with E-state index < -0.39 is 0 Å². The molecule has 1 fully saturated rings. The second-order valence-corrected chi connectivity index (χ2v) is 5.85. The molecule has 1 aliphatic heterocycles. The Labute approximate surface area is 107 Å². The van der Waals surface area contributed by atoms with Crippen molar-refractivity contribution in [2.24, 2.45) is 0 Å². The molecule has 17 heavy (non-hydrogen) atoms. The van der Waals surface area contributed by atoms with Crippen molar-refractivity contribution in [3.8, 4) is 0 Å². The van der Waals surface area contributed by atoms with Crippen LogP contribution in [0.2, 0.25) is 0 Å². The van der Waals surface area contributed by atoms with Crippen LogP contribution in [0, 0.1) is 0 Å². The van der Waals surface area contributed by atoms with E-state index in [0.717, 1.165) is 13.1 Å². The molecule has 0 amide bonds. The summed E-state index contributed by atoms with van der Waals surface area (Å²) in [6.07, 6.45) is 3.65. The second-order valence-electron chi connectivity index (χ2n) is 5.85. The van der Waals surface area contributed by atoms with Crippen LogP contribution in [0.1, 0.15) is 47.0 Å². The summed E-state index contributed by atoms with van der Waals surface area (Å²) in [5.41, 5.74) is 0.0590. The molecule has 102 valence electrons. The van der Waals surface area contributed by atoms with Crippen LogP contribution in [0.5, 0.6) is 0 Å². The molecule has 0 aromatic rings. The first kappa shape index (κ1) is 14.9. The van der Waals surface area contributed by atoms with E-state index in [1.165, 1.54) is 25.8 Å². The third-order valence-electron chi connectivity index (χ3n) is 3.93. The lowest BCUT2D eigenvalue weighted by atomic mass is 9.93. The van der Waals surface area contributed by atoms with Crippen LogP contribution in [0.4, 0.5) is 0 Å². The fourth-order valence-corrected chi connectivity index (χ4v) is 2.63. The fourth-order valence-electron chi connectivity index (χ4n) is 2.63. The summed E-state index contributed by atoms with van der Waals surface area (Å²) in [6, 6.07) is 1.22. The molecule has 0 aliphatic carbocycles. The summed E-state index contributed by atoms with van der Waals surface area (Å²) in [6.45, 7) is 12.3. The van der Waals surface area contributed by atoms with Crippen molar-refractivity contribution in [2.45, 2.75) is 64.6 Å². The van der Waals surface area contributed by atoms with Gasteiger partial charge in [-0.3, -0.25) is 4.90 Å². The van der Waals surface area contributed by atoms with Gasteiger partial charge in [0.2, 0.25) is 0 Å². The summed E-state index contributed by atoms with van der Waals surface area (Å²) in [4.78, 5) is 2.60. The van der Waals surface area contributed by atoms with Crippen molar-refractivity contribution in [3.63, 3.8) is 0 Å². The molecule has 2 unspecified atom stereocenters. The smallest absolute Gasteiger partial charge is 0.0777 e. The van der Waals surface area contributed by atoms with Gasteiger partial charge < -0.3 is 10.1 Å². The van der Waals surface area contributed by atoms with Gasteiger partial charge in [-0.25, -0.2) is 0 Å². The first-order valence-corrected chi connectivity index (χ1v) is 7.03. The van der Waals surface area contributed by atoms with Gasteiger partial charge in [0.05, 0.1) is 5.60 Å². The first-order chi connectivity index (χ1) is 8.00. The highest BCUT2D eigenvalue weighted by molar-refractivity contribution is 4.88. The lowest BCUT2D eigenvalue weighted by Gasteiger charge is -2.43. The number of rotatable bonds is 6. The third-order valence-corrected chi connectivity index (χ3v) is 3.93. The van der Waals surface area contributed by atoms with Gasteiger partial charge in [0.15, 0.2) is 0 Å². The molecule has 1 N–H and O–H groups in total. The predicted molar refractivity (Wildman–Crippen MR) is 73.4 cm³/mol. The zero-order chi connectivity index (χ0) is 12.9. The first-order valence-electron chi connectivity index (χ1n) is 7.03. The number of methoxy groups -OCH3 is 1. The summed E-state index contributed by atoms with van der Waals surface area (Å²) < 4.78 is 5.67. The lowest BCUT2D eigenvalue weighted by Crippen LogP contribution is -2.53. The minimum Gasteiger partial charge on any atom is -0.377 e. The number of nitrogens with one attached hydrogen (secondary N) is 1. The molecule has 3 heteroatoms. The Morgan fingerprint density at radius 3 is 2.65 bits per heavy atom. The topological polar surface area (TPSA) is 24.5 Å². The molecule has 1 rings (SSSR count). The van der Waals surface area contributed by atoms with Gasteiger partial charge in [-0.05, 0) is 32.7 Å². The quantitative estimate of drug-likeness (QED) is 0.773. The van der Waals surface area contributed by atoms with Crippen molar-refractivity contribution in [1.29, 1.82) is 0 Å². The zero-order valence-corrected chi connectivity index (χ0v) is 12.3. The Morgan fingerprint density at radius 2 is 2.12 bits per heavy atom. The molecule has 0 saturated carbocycles. The van der Waals surface area contributed by atoms with Crippen molar-refractivity contribution in [3.05, 3.63) is 0 Å². The lowest BCUT2D eigenvalue weighted by molar-refractivity contribution is -0.0614. The predicted octanol–water partition coefficient (Wildman–Crippen LogP) is 2.26. The molecular weight excluding hydrogens is 212 g/mol. The maximum atomic E-state index is 5.67. The van der Waals surface area contributed by atoms with Gasteiger partial charge in [0, 0.05) is 32.3 Å². The van der Waals surface area contributed by atoms with Crippen molar-refractivity contribution < 1.29 is 4.74 Å². The summed E-state index contributed by atoms with van der Waals surface area (Å²) in [5, 5.41) is 3.56. The Hall–Kier alpha value is -0.120. The van der Waals surface area contributed by atoms with Crippen molar-refractivity contribution in [2.75, 3.05) is 26.7 Å². The SMILES string of the molecule is CCC(CNC(C)C)N1CCCC(C)(OC)C1. The Kier molecular flexibility index (Phi) is 5.90. The van der Waals surface area contributed by atoms with Crippen LogP contribution >= 0.6 is 0 Å². The molecule has 1 aliphatic rings. The monoisotopic (exact) mass is 242 g/mol. The Bertz CT molecular complexity index is 220. The molecule has 2 atom stereocenters. The van der Waals surface area contributed by atoms with E-state index >= 15 is 0 Å². The van der Waals surface area contributed by atoms with Gasteiger partial charge in [-0.2, -0.15) is 0 Å². The van der Waals surface area contributed by atoms with Crippen LogP contribution in [0.25, 0.3) is 0 Å². The molecule has 3 nitrogen and oxygen atoms in total. The van der Waals surface area contributed by atoms with Crippen molar-refractivity contribution in [1.82, 2.24) is 10.2 Å². The fraction of sp³-hybridized carbons (Fsp3) is 1.00. The molecule has 0 spiro atoms. The van der Waals surface area contributed by atoms with E-state index in [0.29, 0.717) is 12.1 Å². The summed E-state index contributed by atoms with van der Waals surface area (Å²) >= 11 is 0. The van der Waals surface area contributed by atoms with Crippen LogP contribution in [-0.4, -0.2) is 49.3 Å². The number of hydrogen-bond donors (Lipinski definition) is 1. The van der Waals surface area contributed by atoms with Crippen LogP contribution in [0.15, 0.2) is 0 Å². The average molecular weight is 242 g/mol. The third kappa shape index (κ3) is 4.57. The highest BCUT2D eigenvalue weighted by Crippen LogP contribution is 2.25. The maximum absolute atomic E-state index is 5.67. The molecule has 0 radical (unpaired) electrons. The van der Waals surface area contributed by atoms with Gasteiger partial charge in [0.25, 0.3) is 0 Å². The Balaban J connectivity index is 2.50. The molecular formula is C14H30N2O. The molecule has 0 aromatic heterocycles. The average Bonchev–Trinajstić information content (AvgIpc) is 2.30. The highest BCUT2D eigenvalue weighted by atomic mass is 16.5.